The molecule has 1 heterocycles. The van der Waals surface area contributed by atoms with Crippen LogP contribution < -0.4 is 10.6 Å². The fourth-order valence-electron chi connectivity index (χ4n) is 2.72. The van der Waals surface area contributed by atoms with Crippen molar-refractivity contribution in [3.05, 3.63) is 29.8 Å². The van der Waals surface area contributed by atoms with Crippen LogP contribution in [0.25, 0.3) is 0 Å². The van der Waals surface area contributed by atoms with E-state index in [-0.39, 0.29) is 18.1 Å². The number of nitrogens with one attached hydrogen (secondary N) is 2. The van der Waals surface area contributed by atoms with E-state index in [1.54, 1.807) is 0 Å². The molecule has 6 heteroatoms. The predicted molar refractivity (Wildman–Crippen MR) is 78.1 cm³/mol. The Morgan fingerprint density at radius 1 is 1.33 bits per heavy atom. The van der Waals surface area contributed by atoms with Crippen LogP contribution in [0.1, 0.15) is 19.3 Å². The summed E-state index contributed by atoms with van der Waals surface area (Å²) in [5.41, 5.74) is -0.371. The molecule has 1 fully saturated rings. The number of rotatable bonds is 5. The number of likely N-dealkylation sites (tertiary alicyclic amines) is 1. The van der Waals surface area contributed by atoms with Gasteiger partial charge < -0.3 is 10.6 Å². The molecule has 0 aromatic heterocycles. The lowest BCUT2D eigenvalue weighted by molar-refractivity contribution is -0.118. The number of para-hydroxylation sites is 1. The summed E-state index contributed by atoms with van der Waals surface area (Å²) in [5, 5.41) is 5.45. The van der Waals surface area contributed by atoms with Crippen molar-refractivity contribution in [1.82, 2.24) is 10.2 Å². The molecule has 1 aromatic rings. The zero-order valence-electron chi connectivity index (χ0n) is 12.2. The van der Waals surface area contributed by atoms with Crippen molar-refractivity contribution in [2.24, 2.45) is 0 Å². The number of carbonyl (C=O) groups excluding carboxylic acids is 1. The van der Waals surface area contributed by atoms with Crippen molar-refractivity contribution in [1.29, 1.82) is 0 Å². The lowest BCUT2D eigenvalue weighted by Gasteiger charge is -2.35. The van der Waals surface area contributed by atoms with Gasteiger partial charge in [0.1, 0.15) is 17.3 Å². The smallest absolute Gasteiger partial charge is 0.238 e. The van der Waals surface area contributed by atoms with E-state index in [2.05, 4.69) is 15.5 Å². The van der Waals surface area contributed by atoms with Crippen molar-refractivity contribution in [3.8, 4) is 0 Å². The van der Waals surface area contributed by atoms with E-state index in [1.165, 1.54) is 6.07 Å². The van der Waals surface area contributed by atoms with E-state index >= 15 is 0 Å². The molecule has 1 aromatic carbocycles. The Morgan fingerprint density at radius 2 is 2.05 bits per heavy atom. The molecule has 0 spiro atoms. The van der Waals surface area contributed by atoms with E-state index in [0.29, 0.717) is 6.04 Å². The van der Waals surface area contributed by atoms with Crippen LogP contribution in [0.4, 0.5) is 14.5 Å². The lowest BCUT2D eigenvalue weighted by atomic mass is 10.0. The highest BCUT2D eigenvalue weighted by atomic mass is 19.1. The molecular weight excluding hydrogens is 276 g/mol. The van der Waals surface area contributed by atoms with Gasteiger partial charge >= 0.3 is 0 Å². The average molecular weight is 297 g/mol. The number of anilines is 1. The van der Waals surface area contributed by atoms with Crippen LogP contribution in [0.15, 0.2) is 18.2 Å². The van der Waals surface area contributed by atoms with Crippen LogP contribution >= 0.6 is 0 Å². The molecule has 2 rings (SSSR count). The van der Waals surface area contributed by atoms with Crippen molar-refractivity contribution in [3.63, 3.8) is 0 Å². The highest BCUT2D eigenvalue weighted by molar-refractivity contribution is 5.92. The number of benzene rings is 1. The topological polar surface area (TPSA) is 44.4 Å². The van der Waals surface area contributed by atoms with Gasteiger partial charge in [-0.2, -0.15) is 0 Å². The van der Waals surface area contributed by atoms with E-state index in [9.17, 15) is 13.6 Å². The third kappa shape index (κ3) is 4.22. The molecule has 0 aliphatic carbocycles. The van der Waals surface area contributed by atoms with Gasteiger partial charge in [0, 0.05) is 12.6 Å². The first-order valence-electron chi connectivity index (χ1n) is 7.24. The molecule has 4 nitrogen and oxygen atoms in total. The number of hydrogen-bond donors (Lipinski definition) is 2. The number of carbonyl (C=O) groups is 1. The van der Waals surface area contributed by atoms with E-state index in [1.807, 2.05) is 7.05 Å². The minimum Gasteiger partial charge on any atom is -0.320 e. The van der Waals surface area contributed by atoms with Gasteiger partial charge in [-0.1, -0.05) is 12.5 Å². The number of nitrogens with zero attached hydrogens (tertiary/aromatic N) is 1. The molecule has 1 aliphatic heterocycles. The Hall–Kier alpha value is -1.53. The number of likely N-dealkylation sites (N-methyl/N-ethyl adjacent to an activating group) is 1. The van der Waals surface area contributed by atoms with Crippen LogP contribution in [0.2, 0.25) is 0 Å². The van der Waals surface area contributed by atoms with Crippen molar-refractivity contribution in [2.45, 2.75) is 25.3 Å². The Labute approximate surface area is 123 Å². The summed E-state index contributed by atoms with van der Waals surface area (Å²) >= 11 is 0. The van der Waals surface area contributed by atoms with Gasteiger partial charge in [0.2, 0.25) is 5.91 Å². The number of hydrogen-bond acceptors (Lipinski definition) is 3. The molecule has 1 atom stereocenters. The standard InChI is InChI=1S/C15H21F2N3O/c1-18-9-11-5-2-3-8-20(11)10-14(21)19-15-12(16)6-4-7-13(15)17/h4,6-7,11,18H,2-3,5,8-10H2,1H3,(H,19,21). The second-order valence-electron chi connectivity index (χ2n) is 5.32. The molecule has 2 N–H and O–H groups in total. The summed E-state index contributed by atoms with van der Waals surface area (Å²) in [6, 6.07) is 3.82. The molecule has 1 amide bonds. The zero-order valence-corrected chi connectivity index (χ0v) is 12.2. The molecule has 0 bridgehead atoms. The highest BCUT2D eigenvalue weighted by Gasteiger charge is 2.24. The van der Waals surface area contributed by atoms with Gasteiger partial charge in [0.25, 0.3) is 0 Å². The summed E-state index contributed by atoms with van der Waals surface area (Å²) in [4.78, 5) is 14.1. The van der Waals surface area contributed by atoms with Crippen molar-refractivity contribution >= 4 is 11.6 Å². The molecule has 21 heavy (non-hydrogen) atoms. The quantitative estimate of drug-likeness (QED) is 0.873. The molecule has 1 aliphatic rings. The van der Waals surface area contributed by atoms with E-state index in [0.717, 1.165) is 44.5 Å². The largest absolute Gasteiger partial charge is 0.320 e. The summed E-state index contributed by atoms with van der Waals surface area (Å²) in [6.07, 6.45) is 3.22. The predicted octanol–water partition coefficient (Wildman–Crippen LogP) is 1.98. The monoisotopic (exact) mass is 297 g/mol. The zero-order chi connectivity index (χ0) is 15.2. The fraction of sp³-hybridized carbons (Fsp3) is 0.533. The molecule has 1 saturated heterocycles. The van der Waals surface area contributed by atoms with Crippen LogP contribution in [0.3, 0.4) is 0 Å². The third-order valence-corrected chi connectivity index (χ3v) is 3.76. The summed E-state index contributed by atoms with van der Waals surface area (Å²) in [6.45, 7) is 1.79. The Balaban J connectivity index is 1.97. The minimum absolute atomic E-state index is 0.153. The summed E-state index contributed by atoms with van der Waals surface area (Å²) in [7, 11) is 1.88. The van der Waals surface area contributed by atoms with Gasteiger partial charge in [-0.05, 0) is 38.6 Å². The first-order valence-corrected chi connectivity index (χ1v) is 7.24. The van der Waals surface area contributed by atoms with Crippen molar-refractivity contribution < 1.29 is 13.6 Å². The molecule has 1 unspecified atom stereocenters. The average Bonchev–Trinajstić information content (AvgIpc) is 2.45. The summed E-state index contributed by atoms with van der Waals surface area (Å²) < 4.78 is 27.0. The van der Waals surface area contributed by atoms with Gasteiger partial charge in [0.05, 0.1) is 6.54 Å². The Bertz CT molecular complexity index is 474. The number of amides is 1. The lowest BCUT2D eigenvalue weighted by Crippen LogP contribution is -2.48. The van der Waals surface area contributed by atoms with Crippen LogP contribution in [-0.4, -0.2) is 43.5 Å². The maximum absolute atomic E-state index is 13.5. The Kier molecular flexibility index (Phi) is 5.64. The van der Waals surface area contributed by atoms with Gasteiger partial charge in [-0.3, -0.25) is 9.69 Å². The summed E-state index contributed by atoms with van der Waals surface area (Å²) in [5.74, 6) is -1.90. The first-order chi connectivity index (χ1) is 10.1. The van der Waals surface area contributed by atoms with E-state index < -0.39 is 11.6 Å². The molecule has 0 radical (unpaired) electrons. The fourth-order valence-corrected chi connectivity index (χ4v) is 2.72. The number of piperidine rings is 1. The second kappa shape index (κ2) is 7.47. The number of halogens is 2. The molecule has 0 saturated carbocycles. The van der Waals surface area contributed by atoms with E-state index in [4.69, 9.17) is 0 Å². The maximum Gasteiger partial charge on any atom is 0.238 e. The van der Waals surface area contributed by atoms with Crippen molar-refractivity contribution in [2.75, 3.05) is 32.0 Å². The normalized spacial score (nSPS) is 19.5. The molecule has 116 valence electrons. The van der Waals surface area contributed by atoms with Crippen LogP contribution in [-0.2, 0) is 4.79 Å². The van der Waals surface area contributed by atoms with Gasteiger partial charge in [0.15, 0.2) is 0 Å². The van der Waals surface area contributed by atoms with Crippen LogP contribution in [0.5, 0.6) is 0 Å². The highest BCUT2D eigenvalue weighted by Crippen LogP contribution is 2.19. The molecular formula is C15H21F2N3O. The second-order valence-corrected chi connectivity index (χ2v) is 5.32. The third-order valence-electron chi connectivity index (χ3n) is 3.76. The van der Waals surface area contributed by atoms with Gasteiger partial charge in [-0.15, -0.1) is 0 Å². The SMILES string of the molecule is CNCC1CCCCN1CC(=O)Nc1c(F)cccc1F. The maximum atomic E-state index is 13.5. The van der Waals surface area contributed by atoms with Gasteiger partial charge in [-0.25, -0.2) is 8.78 Å². The Morgan fingerprint density at radius 3 is 2.71 bits per heavy atom. The minimum atomic E-state index is -0.756. The van der Waals surface area contributed by atoms with Crippen LogP contribution in [0, 0.1) is 11.6 Å². The first kappa shape index (κ1) is 15.9.